The van der Waals surface area contributed by atoms with Crippen molar-refractivity contribution in [3.8, 4) is 0 Å². The van der Waals surface area contributed by atoms with E-state index in [0.717, 1.165) is 18.2 Å². The molecule has 17 heavy (non-hydrogen) atoms. The number of hydrogen-bond acceptors (Lipinski definition) is 1. The molecule has 0 unspecified atom stereocenters. The summed E-state index contributed by atoms with van der Waals surface area (Å²) in [4.78, 5) is 0. The minimum Gasteiger partial charge on any atom is -0.374 e. The molecular weight excluding hydrogens is 234 g/mol. The molecule has 0 aliphatic heterocycles. The number of halogens is 1. The molecule has 0 fully saturated rings. The van der Waals surface area contributed by atoms with Crippen molar-refractivity contribution in [2.75, 3.05) is 6.61 Å². The van der Waals surface area contributed by atoms with Crippen molar-refractivity contribution < 1.29 is 4.74 Å². The Bertz CT molecular complexity index is 510. The van der Waals surface area contributed by atoms with Crippen molar-refractivity contribution in [3.05, 3.63) is 35.5 Å². The van der Waals surface area contributed by atoms with Gasteiger partial charge in [-0.1, -0.05) is 11.6 Å². The Hall–Kier alpha value is -0.990. The quantitative estimate of drug-likeness (QED) is 0.801. The number of nitrogens with zero attached hydrogens (tertiary/aromatic N) is 1. The summed E-state index contributed by atoms with van der Waals surface area (Å²) < 4.78 is 7.92. The third-order valence-electron chi connectivity index (χ3n) is 2.60. The first-order valence-corrected chi connectivity index (χ1v) is 6.22. The average molecular weight is 252 g/mol. The first-order chi connectivity index (χ1) is 7.96. The molecule has 1 heterocycles. The van der Waals surface area contributed by atoms with Crippen LogP contribution in [0.5, 0.6) is 0 Å². The Morgan fingerprint density at radius 2 is 2.00 bits per heavy atom. The van der Waals surface area contributed by atoms with Gasteiger partial charge in [-0.3, -0.25) is 0 Å². The highest BCUT2D eigenvalue weighted by Crippen LogP contribution is 2.20. The van der Waals surface area contributed by atoms with E-state index in [1.54, 1.807) is 0 Å². The van der Waals surface area contributed by atoms with E-state index >= 15 is 0 Å². The minimum absolute atomic E-state index is 0.0771. The molecule has 0 aliphatic carbocycles. The van der Waals surface area contributed by atoms with Gasteiger partial charge in [0.2, 0.25) is 0 Å². The second-order valence-electron chi connectivity index (χ2n) is 5.17. The molecular formula is C14H18ClNO. The molecule has 0 aliphatic rings. The fourth-order valence-corrected chi connectivity index (χ4v) is 2.00. The van der Waals surface area contributed by atoms with Gasteiger partial charge >= 0.3 is 0 Å². The molecule has 3 heteroatoms. The average Bonchev–Trinajstić information content (AvgIpc) is 2.59. The maximum atomic E-state index is 5.96. The summed E-state index contributed by atoms with van der Waals surface area (Å²) in [5.74, 6) is 0. The zero-order chi connectivity index (χ0) is 12.5. The summed E-state index contributed by atoms with van der Waals surface area (Å²) in [7, 11) is 0. The summed E-state index contributed by atoms with van der Waals surface area (Å²) in [6.45, 7) is 7.79. The molecule has 0 amide bonds. The maximum absolute atomic E-state index is 5.96. The maximum Gasteiger partial charge on any atom is 0.0652 e. The lowest BCUT2D eigenvalue weighted by atomic mass is 10.2. The highest BCUT2D eigenvalue weighted by molar-refractivity contribution is 6.31. The lowest BCUT2D eigenvalue weighted by molar-refractivity contribution is -0.00644. The van der Waals surface area contributed by atoms with Crippen LogP contribution in [0.4, 0.5) is 0 Å². The zero-order valence-electron chi connectivity index (χ0n) is 10.5. The Balaban J connectivity index is 2.09. The van der Waals surface area contributed by atoms with Gasteiger partial charge in [-0.05, 0) is 45.0 Å². The van der Waals surface area contributed by atoms with Gasteiger partial charge < -0.3 is 9.30 Å². The largest absolute Gasteiger partial charge is 0.374 e. The van der Waals surface area contributed by atoms with Gasteiger partial charge in [0.1, 0.15) is 0 Å². The van der Waals surface area contributed by atoms with Gasteiger partial charge in [-0.25, -0.2) is 0 Å². The molecule has 92 valence electrons. The Morgan fingerprint density at radius 1 is 1.24 bits per heavy atom. The predicted molar refractivity (Wildman–Crippen MR) is 72.7 cm³/mol. The highest BCUT2D eigenvalue weighted by atomic mass is 35.5. The first kappa shape index (κ1) is 12.5. The third kappa shape index (κ3) is 3.24. The summed E-state index contributed by atoms with van der Waals surface area (Å²) >= 11 is 5.96. The van der Waals surface area contributed by atoms with E-state index in [1.807, 2.05) is 12.1 Å². The zero-order valence-corrected chi connectivity index (χ0v) is 11.3. The SMILES string of the molecule is CC(C)(C)OCCn1ccc2cc(Cl)ccc21. The number of aromatic nitrogens is 1. The number of fused-ring (bicyclic) bond motifs is 1. The standard InChI is InChI=1S/C14H18ClNO/c1-14(2,3)17-9-8-16-7-6-11-10-12(15)4-5-13(11)16/h4-7,10H,8-9H2,1-3H3. The normalized spacial score (nSPS) is 12.2. The number of benzene rings is 1. The van der Waals surface area contributed by atoms with Crippen LogP contribution >= 0.6 is 11.6 Å². The Labute approximate surface area is 107 Å². The van der Waals surface area contributed by atoms with Crippen molar-refractivity contribution in [1.82, 2.24) is 4.57 Å². The van der Waals surface area contributed by atoms with Gasteiger partial charge in [0, 0.05) is 28.7 Å². The van der Waals surface area contributed by atoms with E-state index in [2.05, 4.69) is 43.7 Å². The van der Waals surface area contributed by atoms with Crippen LogP contribution in [0.2, 0.25) is 5.02 Å². The lowest BCUT2D eigenvalue weighted by Gasteiger charge is -2.19. The molecule has 2 nitrogen and oxygen atoms in total. The van der Waals surface area contributed by atoms with Crippen molar-refractivity contribution in [2.45, 2.75) is 32.9 Å². The smallest absolute Gasteiger partial charge is 0.0652 e. The van der Waals surface area contributed by atoms with E-state index < -0.39 is 0 Å². The molecule has 2 rings (SSSR count). The molecule has 0 N–H and O–H groups in total. The van der Waals surface area contributed by atoms with Gasteiger partial charge in [0.15, 0.2) is 0 Å². The van der Waals surface area contributed by atoms with Crippen molar-refractivity contribution in [1.29, 1.82) is 0 Å². The summed E-state index contributed by atoms with van der Waals surface area (Å²) in [5, 5.41) is 1.95. The van der Waals surface area contributed by atoms with Crippen LogP contribution in [0.25, 0.3) is 10.9 Å². The van der Waals surface area contributed by atoms with Gasteiger partial charge in [-0.15, -0.1) is 0 Å². The molecule has 0 radical (unpaired) electrons. The van der Waals surface area contributed by atoms with E-state index in [-0.39, 0.29) is 5.60 Å². The molecule has 1 aromatic heterocycles. The second-order valence-corrected chi connectivity index (χ2v) is 5.61. The van der Waals surface area contributed by atoms with Crippen LogP contribution in [0.15, 0.2) is 30.5 Å². The monoisotopic (exact) mass is 251 g/mol. The molecule has 2 aromatic rings. The van der Waals surface area contributed by atoms with E-state index in [4.69, 9.17) is 16.3 Å². The Kier molecular flexibility index (Phi) is 3.45. The van der Waals surface area contributed by atoms with Crippen LogP contribution in [0.1, 0.15) is 20.8 Å². The molecule has 1 aromatic carbocycles. The molecule has 0 spiro atoms. The molecule has 0 saturated heterocycles. The van der Waals surface area contributed by atoms with Crippen molar-refractivity contribution in [3.63, 3.8) is 0 Å². The molecule has 0 bridgehead atoms. The van der Waals surface area contributed by atoms with Crippen LogP contribution in [-0.4, -0.2) is 16.8 Å². The fourth-order valence-electron chi connectivity index (χ4n) is 1.82. The fraction of sp³-hybridized carbons (Fsp3) is 0.429. The van der Waals surface area contributed by atoms with E-state index in [0.29, 0.717) is 0 Å². The summed E-state index contributed by atoms with van der Waals surface area (Å²) in [6.07, 6.45) is 2.08. The van der Waals surface area contributed by atoms with Crippen LogP contribution in [0, 0.1) is 0 Å². The van der Waals surface area contributed by atoms with Crippen LogP contribution in [-0.2, 0) is 11.3 Å². The lowest BCUT2D eigenvalue weighted by Crippen LogP contribution is -2.21. The summed E-state index contributed by atoms with van der Waals surface area (Å²) in [5.41, 5.74) is 1.12. The number of ether oxygens (including phenoxy) is 1. The number of rotatable bonds is 3. The Morgan fingerprint density at radius 3 is 2.71 bits per heavy atom. The predicted octanol–water partition coefficient (Wildman–Crippen LogP) is 4.11. The van der Waals surface area contributed by atoms with Gasteiger partial charge in [-0.2, -0.15) is 0 Å². The molecule has 0 atom stereocenters. The number of hydrogen-bond donors (Lipinski definition) is 0. The summed E-state index contributed by atoms with van der Waals surface area (Å²) in [6, 6.07) is 8.04. The van der Waals surface area contributed by atoms with E-state index in [9.17, 15) is 0 Å². The first-order valence-electron chi connectivity index (χ1n) is 5.84. The molecule has 0 saturated carbocycles. The second kappa shape index (κ2) is 4.71. The van der Waals surface area contributed by atoms with Crippen LogP contribution in [0.3, 0.4) is 0 Å². The van der Waals surface area contributed by atoms with Crippen LogP contribution < -0.4 is 0 Å². The van der Waals surface area contributed by atoms with Crippen molar-refractivity contribution in [2.24, 2.45) is 0 Å². The van der Waals surface area contributed by atoms with E-state index in [1.165, 1.54) is 10.9 Å². The van der Waals surface area contributed by atoms with Crippen molar-refractivity contribution >= 4 is 22.5 Å². The van der Waals surface area contributed by atoms with Gasteiger partial charge in [0.25, 0.3) is 0 Å². The third-order valence-corrected chi connectivity index (χ3v) is 2.84. The topological polar surface area (TPSA) is 14.2 Å². The van der Waals surface area contributed by atoms with Gasteiger partial charge in [0.05, 0.1) is 12.2 Å². The highest BCUT2D eigenvalue weighted by Gasteiger charge is 2.09. The minimum atomic E-state index is -0.0771.